The van der Waals surface area contributed by atoms with E-state index in [1.165, 1.54) is 18.2 Å². The predicted octanol–water partition coefficient (Wildman–Crippen LogP) is 2.75. The zero-order chi connectivity index (χ0) is 18.6. The van der Waals surface area contributed by atoms with Crippen molar-refractivity contribution in [2.75, 3.05) is 12.9 Å². The van der Waals surface area contributed by atoms with Crippen molar-refractivity contribution >= 4 is 27.4 Å². The van der Waals surface area contributed by atoms with Crippen LogP contribution in [0.15, 0.2) is 41.3 Å². The van der Waals surface area contributed by atoms with Crippen LogP contribution in [-0.2, 0) is 14.6 Å². The quantitative estimate of drug-likeness (QED) is 0.649. The Morgan fingerprint density at radius 1 is 1.20 bits per heavy atom. The van der Waals surface area contributed by atoms with Gasteiger partial charge in [-0.15, -0.1) is 0 Å². The first-order chi connectivity index (χ1) is 11.7. The van der Waals surface area contributed by atoms with E-state index in [2.05, 4.69) is 11.8 Å². The Labute approximate surface area is 148 Å². The third-order valence-electron chi connectivity index (χ3n) is 2.99. The van der Waals surface area contributed by atoms with Crippen molar-refractivity contribution in [3.05, 3.63) is 58.4 Å². The molecule has 0 aliphatic carbocycles. The van der Waals surface area contributed by atoms with Gasteiger partial charge < -0.3 is 9.84 Å². The zero-order valence-electron chi connectivity index (χ0n) is 12.9. The number of carbonyl (C=O) groups is 1. The molecule has 130 valence electrons. The highest BCUT2D eigenvalue weighted by molar-refractivity contribution is 7.90. The van der Waals surface area contributed by atoms with Gasteiger partial charge >= 0.3 is 5.97 Å². The lowest BCUT2D eigenvalue weighted by Crippen LogP contribution is -2.10. The summed E-state index contributed by atoms with van der Waals surface area (Å²) < 4.78 is 42.1. The standard InChI is InChI=1S/C17H12ClFO5S/c1-25(22,23)14-5-6-15(19)11(9-14)2-3-12-8-13(18)4-7-16(12)24-10-17(20)21/h4-9H,10H2,1H3,(H,20,21). The monoisotopic (exact) mass is 382 g/mol. The van der Waals surface area contributed by atoms with Gasteiger partial charge in [-0.2, -0.15) is 0 Å². The van der Waals surface area contributed by atoms with Crippen LogP contribution in [0.1, 0.15) is 11.1 Å². The molecule has 0 heterocycles. The molecule has 2 rings (SSSR count). The number of sulfone groups is 1. The number of aliphatic carboxylic acids is 1. The Morgan fingerprint density at radius 3 is 2.52 bits per heavy atom. The Kier molecular flexibility index (Phi) is 5.67. The minimum absolute atomic E-state index is 0.0633. The summed E-state index contributed by atoms with van der Waals surface area (Å²) in [6, 6.07) is 7.66. The summed E-state index contributed by atoms with van der Waals surface area (Å²) in [5, 5.41) is 9.01. The summed E-state index contributed by atoms with van der Waals surface area (Å²) in [5.74, 6) is 3.46. The smallest absolute Gasteiger partial charge is 0.341 e. The molecular weight excluding hydrogens is 371 g/mol. The number of rotatable bonds is 4. The molecule has 0 aliphatic heterocycles. The molecule has 0 amide bonds. The number of carboxylic acid groups (broad SMARTS) is 1. The van der Waals surface area contributed by atoms with Crippen LogP contribution in [0.2, 0.25) is 5.02 Å². The fraction of sp³-hybridized carbons (Fsp3) is 0.118. The average Bonchev–Trinajstić information content (AvgIpc) is 2.52. The van der Waals surface area contributed by atoms with Crippen molar-refractivity contribution in [3.8, 4) is 17.6 Å². The van der Waals surface area contributed by atoms with Gasteiger partial charge in [0.05, 0.1) is 16.0 Å². The second-order valence-electron chi connectivity index (χ2n) is 4.99. The first-order valence-corrected chi connectivity index (χ1v) is 9.09. The topological polar surface area (TPSA) is 80.7 Å². The van der Waals surface area contributed by atoms with Crippen molar-refractivity contribution in [1.82, 2.24) is 0 Å². The molecule has 0 atom stereocenters. The lowest BCUT2D eigenvalue weighted by atomic mass is 10.1. The minimum Gasteiger partial charge on any atom is -0.481 e. The molecule has 8 heteroatoms. The maximum absolute atomic E-state index is 13.9. The highest BCUT2D eigenvalue weighted by Gasteiger charge is 2.10. The molecule has 0 bridgehead atoms. The molecule has 5 nitrogen and oxygen atoms in total. The number of halogens is 2. The van der Waals surface area contributed by atoms with Gasteiger partial charge in [0.2, 0.25) is 0 Å². The maximum atomic E-state index is 13.9. The average molecular weight is 383 g/mol. The molecule has 0 saturated heterocycles. The van der Waals surface area contributed by atoms with Gasteiger partial charge in [-0.25, -0.2) is 17.6 Å². The molecule has 0 unspecified atom stereocenters. The van der Waals surface area contributed by atoms with Gasteiger partial charge in [-0.05, 0) is 36.4 Å². The highest BCUT2D eigenvalue weighted by atomic mass is 35.5. The first kappa shape index (κ1) is 18.8. The van der Waals surface area contributed by atoms with E-state index >= 15 is 0 Å². The Balaban J connectivity index is 2.44. The summed E-state index contributed by atoms with van der Waals surface area (Å²) in [6.45, 7) is -0.575. The van der Waals surface area contributed by atoms with E-state index in [0.717, 1.165) is 24.5 Å². The molecule has 0 aromatic heterocycles. The van der Waals surface area contributed by atoms with Gasteiger partial charge in [0.25, 0.3) is 0 Å². The van der Waals surface area contributed by atoms with Crippen molar-refractivity contribution in [2.24, 2.45) is 0 Å². The third kappa shape index (κ3) is 5.21. The largest absolute Gasteiger partial charge is 0.481 e. The predicted molar refractivity (Wildman–Crippen MR) is 90.1 cm³/mol. The Hall–Kier alpha value is -2.56. The number of ether oxygens (including phenoxy) is 1. The van der Waals surface area contributed by atoms with Crippen LogP contribution in [0.3, 0.4) is 0 Å². The van der Waals surface area contributed by atoms with Gasteiger partial charge in [-0.3, -0.25) is 0 Å². The molecule has 0 saturated carbocycles. The van der Waals surface area contributed by atoms with E-state index in [9.17, 15) is 17.6 Å². The van der Waals surface area contributed by atoms with Crippen LogP contribution >= 0.6 is 11.6 Å². The van der Waals surface area contributed by atoms with Gasteiger partial charge in [0, 0.05) is 11.3 Å². The second kappa shape index (κ2) is 7.55. The van der Waals surface area contributed by atoms with Gasteiger partial charge in [-0.1, -0.05) is 23.4 Å². The van der Waals surface area contributed by atoms with Crippen LogP contribution in [0, 0.1) is 17.7 Å². The van der Waals surface area contributed by atoms with Crippen molar-refractivity contribution in [3.63, 3.8) is 0 Å². The number of benzene rings is 2. The summed E-state index contributed by atoms with van der Waals surface area (Å²) in [4.78, 5) is 10.5. The third-order valence-corrected chi connectivity index (χ3v) is 4.34. The lowest BCUT2D eigenvalue weighted by Gasteiger charge is -2.06. The first-order valence-electron chi connectivity index (χ1n) is 6.82. The van der Waals surface area contributed by atoms with E-state index in [1.54, 1.807) is 0 Å². The molecule has 0 aliphatic rings. The van der Waals surface area contributed by atoms with E-state index < -0.39 is 28.2 Å². The number of carboxylic acids is 1. The van der Waals surface area contributed by atoms with Crippen molar-refractivity contribution in [2.45, 2.75) is 4.90 Å². The van der Waals surface area contributed by atoms with E-state index in [0.29, 0.717) is 5.02 Å². The summed E-state index contributed by atoms with van der Waals surface area (Å²) in [7, 11) is -3.50. The SMILES string of the molecule is CS(=O)(=O)c1ccc(F)c(C#Cc2cc(Cl)ccc2OCC(=O)O)c1. The highest BCUT2D eigenvalue weighted by Crippen LogP contribution is 2.22. The fourth-order valence-electron chi connectivity index (χ4n) is 1.83. The Morgan fingerprint density at radius 2 is 1.88 bits per heavy atom. The number of hydrogen-bond donors (Lipinski definition) is 1. The van der Waals surface area contributed by atoms with E-state index in [4.69, 9.17) is 21.4 Å². The van der Waals surface area contributed by atoms with Gasteiger partial charge in [0.1, 0.15) is 11.6 Å². The lowest BCUT2D eigenvalue weighted by molar-refractivity contribution is -0.139. The molecule has 1 N–H and O–H groups in total. The van der Waals surface area contributed by atoms with Crippen LogP contribution in [0.25, 0.3) is 0 Å². The summed E-state index contributed by atoms with van der Waals surface area (Å²) >= 11 is 5.88. The van der Waals surface area contributed by atoms with Gasteiger partial charge in [0.15, 0.2) is 16.4 Å². The molecular formula is C17H12ClFO5S. The molecule has 0 radical (unpaired) electrons. The fourth-order valence-corrected chi connectivity index (χ4v) is 2.65. The van der Waals surface area contributed by atoms with Crippen LogP contribution in [0.4, 0.5) is 4.39 Å². The van der Waals surface area contributed by atoms with E-state index in [-0.39, 0.29) is 21.8 Å². The second-order valence-corrected chi connectivity index (χ2v) is 7.44. The Bertz CT molecular complexity index is 990. The molecule has 0 spiro atoms. The number of hydrogen-bond acceptors (Lipinski definition) is 4. The summed E-state index contributed by atoms with van der Waals surface area (Å²) in [6.07, 6.45) is 1.01. The summed E-state index contributed by atoms with van der Waals surface area (Å²) in [5.41, 5.74) is 0.130. The van der Waals surface area contributed by atoms with E-state index in [1.807, 2.05) is 0 Å². The van der Waals surface area contributed by atoms with Crippen molar-refractivity contribution < 1.29 is 27.4 Å². The molecule has 2 aromatic carbocycles. The van der Waals surface area contributed by atoms with Crippen LogP contribution in [0.5, 0.6) is 5.75 Å². The molecule has 0 fully saturated rings. The normalized spacial score (nSPS) is 10.7. The van der Waals surface area contributed by atoms with Crippen molar-refractivity contribution in [1.29, 1.82) is 0 Å². The minimum atomic E-state index is -3.50. The maximum Gasteiger partial charge on any atom is 0.341 e. The molecule has 2 aromatic rings. The van der Waals surface area contributed by atoms with Crippen LogP contribution in [-0.4, -0.2) is 32.4 Å². The zero-order valence-corrected chi connectivity index (χ0v) is 14.5. The van der Waals surface area contributed by atoms with Crippen LogP contribution < -0.4 is 4.74 Å². The molecule has 25 heavy (non-hydrogen) atoms.